The van der Waals surface area contributed by atoms with Gasteiger partial charge in [0.15, 0.2) is 5.60 Å². The first kappa shape index (κ1) is 27.7. The van der Waals surface area contributed by atoms with Crippen molar-refractivity contribution in [3.05, 3.63) is 47.1 Å². The van der Waals surface area contributed by atoms with Gasteiger partial charge in [-0.15, -0.1) is 0 Å². The van der Waals surface area contributed by atoms with Crippen LogP contribution in [0.15, 0.2) is 35.9 Å². The minimum absolute atomic E-state index is 0.0559. The molecule has 0 radical (unpaired) electrons. The number of esters is 1. The highest BCUT2D eigenvalue weighted by atomic mass is 31.2. The van der Waals surface area contributed by atoms with Crippen LogP contribution in [0.3, 0.4) is 0 Å². The Kier molecular flexibility index (Phi) is 9.03. The summed E-state index contributed by atoms with van der Waals surface area (Å²) in [6.07, 6.45) is 9.21. The average Bonchev–Trinajstić information content (AvgIpc) is 3.21. The normalized spacial score (nSPS) is 22.0. The Morgan fingerprint density at radius 1 is 1.23 bits per heavy atom. The van der Waals surface area contributed by atoms with Crippen molar-refractivity contribution in [2.24, 2.45) is 5.92 Å². The molecule has 0 aromatic heterocycles. The molecule has 0 aliphatic heterocycles. The van der Waals surface area contributed by atoms with E-state index in [-0.39, 0.29) is 36.2 Å². The number of hydrogen-bond acceptors (Lipinski definition) is 5. The van der Waals surface area contributed by atoms with Gasteiger partial charge < -0.3 is 19.6 Å². The number of unbranched alkanes of at least 4 members (excludes halogenated alkanes) is 2. The zero-order valence-corrected chi connectivity index (χ0v) is 22.0. The number of phenols is 1. The number of phosphoric ester groups is 1. The van der Waals surface area contributed by atoms with Crippen molar-refractivity contribution >= 4 is 13.8 Å². The largest absolute Gasteiger partial charge is 0.507 e. The summed E-state index contributed by atoms with van der Waals surface area (Å²) < 4.78 is 22.6. The molecule has 194 valence electrons. The van der Waals surface area contributed by atoms with E-state index in [4.69, 9.17) is 9.26 Å². The van der Waals surface area contributed by atoms with Crippen molar-refractivity contribution in [3.8, 4) is 11.5 Å². The highest BCUT2D eigenvalue weighted by Crippen LogP contribution is 2.50. The molecule has 0 heterocycles. The van der Waals surface area contributed by atoms with Crippen LogP contribution in [0.5, 0.6) is 11.5 Å². The van der Waals surface area contributed by atoms with Crippen LogP contribution in [0, 0.1) is 5.92 Å². The van der Waals surface area contributed by atoms with Crippen molar-refractivity contribution in [2.75, 3.05) is 0 Å². The number of aryl methyl sites for hydroxylation is 1. The van der Waals surface area contributed by atoms with Crippen LogP contribution >= 0.6 is 7.82 Å². The summed E-state index contributed by atoms with van der Waals surface area (Å²) >= 11 is 0. The van der Waals surface area contributed by atoms with Gasteiger partial charge in [-0.1, -0.05) is 43.6 Å². The summed E-state index contributed by atoms with van der Waals surface area (Å²) in [6.45, 7) is 10.3. The Hall–Kier alpha value is -1.92. The van der Waals surface area contributed by atoms with Gasteiger partial charge in [-0.05, 0) is 88.8 Å². The van der Waals surface area contributed by atoms with Crippen molar-refractivity contribution in [2.45, 2.75) is 96.5 Å². The average molecular weight is 507 g/mol. The van der Waals surface area contributed by atoms with Crippen LogP contribution < -0.4 is 4.74 Å². The molecule has 0 spiro atoms. The molecule has 0 saturated heterocycles. The monoisotopic (exact) mass is 506 g/mol. The zero-order chi connectivity index (χ0) is 25.8. The maximum Gasteiger partial charge on any atom is 0.470 e. The lowest BCUT2D eigenvalue weighted by molar-refractivity contribution is -0.153. The van der Waals surface area contributed by atoms with E-state index in [0.29, 0.717) is 18.4 Å². The predicted octanol–water partition coefficient (Wildman–Crippen LogP) is 6.47. The molecular formula is C27H39O7P. The lowest BCUT2D eigenvalue weighted by atomic mass is 9.73. The number of hydrogen-bond donors (Lipinski definition) is 3. The molecule has 2 aliphatic carbocycles. The maximum atomic E-state index is 13.4. The minimum Gasteiger partial charge on any atom is -0.507 e. The van der Waals surface area contributed by atoms with E-state index < -0.39 is 19.4 Å². The van der Waals surface area contributed by atoms with E-state index in [0.717, 1.165) is 49.7 Å². The Morgan fingerprint density at radius 3 is 2.51 bits per heavy atom. The van der Waals surface area contributed by atoms with Gasteiger partial charge in [0.2, 0.25) is 0 Å². The SMILES string of the molecule is C=C(C)[C@@H]1CCC(C)=C[C@H]1c1c(O)cc(CCCCC)cc1OC(=O)C1(OP(=O)(O)O)CCCC1. The third-order valence-electron chi connectivity index (χ3n) is 7.24. The first-order chi connectivity index (χ1) is 16.5. The van der Waals surface area contributed by atoms with E-state index in [2.05, 4.69) is 19.6 Å². The van der Waals surface area contributed by atoms with Crippen LogP contribution in [0.4, 0.5) is 0 Å². The molecule has 0 bridgehead atoms. The van der Waals surface area contributed by atoms with Crippen molar-refractivity contribution < 1.29 is 33.5 Å². The molecule has 35 heavy (non-hydrogen) atoms. The molecule has 1 fully saturated rings. The standard InChI is InChI=1S/C27H39O7P/c1-5-6-7-10-20-16-23(28)25(22-15-19(4)11-12-21(22)18(2)3)24(17-20)33-26(29)27(13-8-9-14-27)34-35(30,31)32/h15-17,21-22,28H,2,5-14H2,1,3-4H3,(H2,30,31,32)/t21-,22+/m0/s1. The third-order valence-corrected chi connectivity index (χ3v) is 7.83. The van der Waals surface area contributed by atoms with Gasteiger partial charge in [0.05, 0.1) is 0 Å². The Bertz CT molecular complexity index is 1020. The molecule has 1 aromatic carbocycles. The van der Waals surface area contributed by atoms with E-state index in [1.165, 1.54) is 5.57 Å². The van der Waals surface area contributed by atoms with Crippen LogP contribution in [0.1, 0.15) is 95.6 Å². The summed E-state index contributed by atoms with van der Waals surface area (Å²) in [7, 11) is -4.92. The molecule has 3 N–H and O–H groups in total. The first-order valence-corrected chi connectivity index (χ1v) is 14.2. The smallest absolute Gasteiger partial charge is 0.470 e. The second-order valence-corrected chi connectivity index (χ2v) is 11.4. The number of aromatic hydroxyl groups is 1. The number of phosphoric acid groups is 1. The molecule has 7 nitrogen and oxygen atoms in total. The van der Waals surface area contributed by atoms with Crippen molar-refractivity contribution in [1.29, 1.82) is 0 Å². The molecule has 2 aliphatic rings. The number of rotatable bonds is 10. The van der Waals surface area contributed by atoms with Gasteiger partial charge in [0, 0.05) is 11.5 Å². The Morgan fingerprint density at radius 2 is 1.91 bits per heavy atom. The molecule has 1 aromatic rings. The second-order valence-electron chi connectivity index (χ2n) is 10.2. The fourth-order valence-corrected chi connectivity index (χ4v) is 6.13. The Balaban J connectivity index is 2.06. The van der Waals surface area contributed by atoms with E-state index >= 15 is 0 Å². The van der Waals surface area contributed by atoms with Gasteiger partial charge in [0.25, 0.3) is 0 Å². The lowest BCUT2D eigenvalue weighted by Crippen LogP contribution is -2.41. The number of allylic oxidation sites excluding steroid dienone is 3. The summed E-state index contributed by atoms with van der Waals surface area (Å²) in [5, 5.41) is 11.2. The van der Waals surface area contributed by atoms with Gasteiger partial charge >= 0.3 is 13.8 Å². The molecule has 2 atom stereocenters. The highest BCUT2D eigenvalue weighted by Gasteiger charge is 2.49. The fourth-order valence-electron chi connectivity index (χ4n) is 5.42. The molecule has 8 heteroatoms. The third kappa shape index (κ3) is 6.85. The summed E-state index contributed by atoms with van der Waals surface area (Å²) in [4.78, 5) is 32.4. The number of phenolic OH excluding ortho intramolecular Hbond substituents is 1. The van der Waals surface area contributed by atoms with Gasteiger partial charge in [-0.3, -0.25) is 4.52 Å². The highest BCUT2D eigenvalue weighted by molar-refractivity contribution is 7.46. The van der Waals surface area contributed by atoms with Crippen LogP contribution in [0.2, 0.25) is 0 Å². The first-order valence-electron chi connectivity index (χ1n) is 12.6. The number of benzene rings is 1. The van der Waals surface area contributed by atoms with Gasteiger partial charge in [-0.25, -0.2) is 9.36 Å². The van der Waals surface area contributed by atoms with Crippen molar-refractivity contribution in [3.63, 3.8) is 0 Å². The quantitative estimate of drug-likeness (QED) is 0.110. The minimum atomic E-state index is -4.92. The number of carbonyl (C=O) groups excluding carboxylic acids is 1. The van der Waals surface area contributed by atoms with E-state index in [9.17, 15) is 24.3 Å². The second kappa shape index (κ2) is 11.4. The van der Waals surface area contributed by atoms with Gasteiger partial charge in [-0.2, -0.15) is 0 Å². The maximum absolute atomic E-state index is 13.4. The van der Waals surface area contributed by atoms with Crippen molar-refractivity contribution in [1.82, 2.24) is 0 Å². The number of carbonyl (C=O) groups is 1. The molecule has 0 amide bonds. The molecule has 3 rings (SSSR count). The predicted molar refractivity (Wildman–Crippen MR) is 135 cm³/mol. The fraction of sp³-hybridized carbons (Fsp3) is 0.593. The topological polar surface area (TPSA) is 113 Å². The summed E-state index contributed by atoms with van der Waals surface area (Å²) in [5.74, 6) is -0.700. The van der Waals surface area contributed by atoms with Crippen LogP contribution in [-0.4, -0.2) is 26.5 Å². The zero-order valence-electron chi connectivity index (χ0n) is 21.1. The molecule has 0 unspecified atom stereocenters. The summed E-state index contributed by atoms with van der Waals surface area (Å²) in [5.41, 5.74) is 1.83. The molecule has 1 saturated carbocycles. The van der Waals surface area contributed by atoms with Crippen LogP contribution in [-0.2, 0) is 20.3 Å². The van der Waals surface area contributed by atoms with E-state index in [1.807, 2.05) is 13.8 Å². The Labute approximate surface area is 208 Å². The molecular weight excluding hydrogens is 467 g/mol. The lowest BCUT2D eigenvalue weighted by Gasteiger charge is -2.33. The van der Waals surface area contributed by atoms with E-state index in [1.54, 1.807) is 12.1 Å². The van der Waals surface area contributed by atoms with Crippen LogP contribution in [0.25, 0.3) is 0 Å². The van der Waals surface area contributed by atoms with Gasteiger partial charge in [0.1, 0.15) is 11.5 Å². The summed E-state index contributed by atoms with van der Waals surface area (Å²) in [6, 6.07) is 3.53. The number of ether oxygens (including phenoxy) is 1.